The van der Waals surface area contributed by atoms with Gasteiger partial charge in [0.1, 0.15) is 0 Å². The second-order valence-electron chi connectivity index (χ2n) is 9.45. The highest BCUT2D eigenvalue weighted by molar-refractivity contribution is 6.07. The molecule has 5 heteroatoms. The molecule has 1 aliphatic heterocycles. The summed E-state index contributed by atoms with van der Waals surface area (Å²) in [4.78, 5) is 20.0. The van der Waals surface area contributed by atoms with Gasteiger partial charge in [-0.3, -0.25) is 19.4 Å². The van der Waals surface area contributed by atoms with Gasteiger partial charge in [-0.1, -0.05) is 31.0 Å². The molecule has 3 heterocycles. The largest absolute Gasteiger partial charge is 0.296 e. The molecule has 0 unspecified atom stereocenters. The van der Waals surface area contributed by atoms with Crippen molar-refractivity contribution in [2.45, 2.75) is 58.5 Å². The van der Waals surface area contributed by atoms with Gasteiger partial charge < -0.3 is 0 Å². The van der Waals surface area contributed by atoms with Crippen LogP contribution in [0.25, 0.3) is 10.9 Å². The lowest BCUT2D eigenvalue weighted by Crippen LogP contribution is -2.35. The van der Waals surface area contributed by atoms with Crippen molar-refractivity contribution in [1.82, 2.24) is 19.7 Å². The lowest BCUT2D eigenvalue weighted by molar-refractivity contribution is 0.0941. The van der Waals surface area contributed by atoms with Crippen LogP contribution in [0, 0.1) is 18.8 Å². The Hall–Kier alpha value is -2.53. The predicted octanol–water partition coefficient (Wildman–Crippen LogP) is 5.02. The fourth-order valence-corrected chi connectivity index (χ4v) is 5.46. The molecule has 5 nitrogen and oxygen atoms in total. The molecule has 162 valence electrons. The molecule has 2 aromatic heterocycles. The van der Waals surface area contributed by atoms with Crippen LogP contribution in [0.5, 0.6) is 0 Å². The molecule has 1 aliphatic carbocycles. The third-order valence-electron chi connectivity index (χ3n) is 7.24. The van der Waals surface area contributed by atoms with Gasteiger partial charge in [0.2, 0.25) is 0 Å². The molecular formula is C26H32N4O. The first-order chi connectivity index (χ1) is 15.2. The maximum Gasteiger partial charge on any atom is 0.163 e. The molecule has 0 spiro atoms. The van der Waals surface area contributed by atoms with Gasteiger partial charge in [-0.15, -0.1) is 0 Å². The Balaban J connectivity index is 1.10. The Bertz CT molecular complexity index is 1060. The van der Waals surface area contributed by atoms with Crippen LogP contribution in [-0.2, 0) is 13.1 Å². The van der Waals surface area contributed by atoms with Crippen molar-refractivity contribution in [3.05, 3.63) is 59.5 Å². The first kappa shape index (κ1) is 20.4. The summed E-state index contributed by atoms with van der Waals surface area (Å²) in [6, 6.07) is 12.1. The number of ketones is 1. The van der Waals surface area contributed by atoms with Crippen LogP contribution in [-0.4, -0.2) is 38.5 Å². The summed E-state index contributed by atoms with van der Waals surface area (Å²) in [6.07, 6.45) is 8.65. The Kier molecular flexibility index (Phi) is 5.86. The van der Waals surface area contributed by atoms with Crippen molar-refractivity contribution in [3.8, 4) is 0 Å². The number of hydrogen-bond donors (Lipinski definition) is 0. The van der Waals surface area contributed by atoms with Gasteiger partial charge in [0, 0.05) is 36.7 Å². The number of pyridine rings is 1. The Morgan fingerprint density at radius 1 is 1.06 bits per heavy atom. The topological polar surface area (TPSA) is 51.0 Å². The number of nitrogens with zero attached hydrogens (tertiary/aromatic N) is 4. The van der Waals surface area contributed by atoms with Crippen LogP contribution in [0.3, 0.4) is 0 Å². The molecule has 0 atom stereocenters. The molecule has 0 bridgehead atoms. The maximum absolute atomic E-state index is 13.0. The minimum Gasteiger partial charge on any atom is -0.296 e. The van der Waals surface area contributed by atoms with E-state index in [9.17, 15) is 4.79 Å². The van der Waals surface area contributed by atoms with E-state index in [4.69, 9.17) is 0 Å². The van der Waals surface area contributed by atoms with Crippen LogP contribution in [0.2, 0.25) is 0 Å². The monoisotopic (exact) mass is 416 g/mol. The van der Waals surface area contributed by atoms with Gasteiger partial charge in [-0.05, 0) is 62.8 Å². The van der Waals surface area contributed by atoms with Gasteiger partial charge in [-0.2, -0.15) is 5.10 Å². The molecule has 31 heavy (non-hydrogen) atoms. The van der Waals surface area contributed by atoms with Gasteiger partial charge in [0.25, 0.3) is 0 Å². The first-order valence-corrected chi connectivity index (χ1v) is 11.8. The van der Waals surface area contributed by atoms with Gasteiger partial charge in [0.05, 0.1) is 23.4 Å². The van der Waals surface area contributed by atoms with E-state index in [0.29, 0.717) is 12.3 Å². The normalized spacial score (nSPS) is 21.8. The SMILES string of the molecule is Cc1cc2n(n1)CCN(CCC1CCC(CC(=O)c3cccc4ncccc34)CC1)C2. The van der Waals surface area contributed by atoms with E-state index in [2.05, 4.69) is 32.7 Å². The fraction of sp³-hybridized carbons (Fsp3) is 0.500. The molecule has 3 aromatic rings. The number of hydrogen-bond acceptors (Lipinski definition) is 4. The highest BCUT2D eigenvalue weighted by Gasteiger charge is 2.25. The third-order valence-corrected chi connectivity index (χ3v) is 7.24. The smallest absolute Gasteiger partial charge is 0.163 e. The number of fused-ring (bicyclic) bond motifs is 2. The number of aromatic nitrogens is 3. The van der Waals surface area contributed by atoms with E-state index < -0.39 is 0 Å². The van der Waals surface area contributed by atoms with Gasteiger partial charge in [0.15, 0.2) is 5.78 Å². The van der Waals surface area contributed by atoms with Crippen molar-refractivity contribution < 1.29 is 4.79 Å². The second-order valence-corrected chi connectivity index (χ2v) is 9.45. The molecule has 1 fully saturated rings. The van der Waals surface area contributed by atoms with Crippen LogP contribution in [0.15, 0.2) is 42.6 Å². The standard InChI is InChI=1S/C26H32N4O/c1-19-16-22-18-29(14-15-30(22)28-19)13-11-20-7-9-21(10-8-20)17-26(31)24-4-2-6-25-23(24)5-3-12-27-25/h2-6,12,16,20-21H,7-11,13-15,17-18H2,1H3. The molecule has 0 radical (unpaired) electrons. The Morgan fingerprint density at radius 3 is 2.77 bits per heavy atom. The van der Waals surface area contributed by atoms with E-state index in [1.165, 1.54) is 44.3 Å². The minimum atomic E-state index is 0.280. The third kappa shape index (κ3) is 4.57. The van der Waals surface area contributed by atoms with E-state index in [1.54, 1.807) is 6.20 Å². The Morgan fingerprint density at radius 2 is 1.90 bits per heavy atom. The molecular weight excluding hydrogens is 384 g/mol. The average molecular weight is 417 g/mol. The van der Waals surface area contributed by atoms with Crippen molar-refractivity contribution in [1.29, 1.82) is 0 Å². The van der Waals surface area contributed by atoms with Gasteiger partial charge >= 0.3 is 0 Å². The number of rotatable bonds is 6. The molecule has 0 amide bonds. The summed E-state index contributed by atoms with van der Waals surface area (Å²) in [6.45, 7) is 6.42. The fourth-order valence-electron chi connectivity index (χ4n) is 5.46. The molecule has 5 rings (SSSR count). The summed E-state index contributed by atoms with van der Waals surface area (Å²) in [7, 11) is 0. The zero-order valence-electron chi connectivity index (χ0n) is 18.5. The van der Waals surface area contributed by atoms with Crippen LogP contribution in [0.4, 0.5) is 0 Å². The summed E-state index contributed by atoms with van der Waals surface area (Å²) in [5.74, 6) is 1.62. The van der Waals surface area contributed by atoms with Crippen molar-refractivity contribution >= 4 is 16.7 Å². The van der Waals surface area contributed by atoms with Crippen LogP contribution >= 0.6 is 0 Å². The zero-order valence-corrected chi connectivity index (χ0v) is 18.5. The maximum atomic E-state index is 13.0. The lowest BCUT2D eigenvalue weighted by Gasteiger charge is -2.32. The van der Waals surface area contributed by atoms with Crippen molar-refractivity contribution in [2.24, 2.45) is 11.8 Å². The minimum absolute atomic E-state index is 0.280. The average Bonchev–Trinajstić information content (AvgIpc) is 3.17. The zero-order chi connectivity index (χ0) is 21.2. The summed E-state index contributed by atoms with van der Waals surface area (Å²) >= 11 is 0. The molecule has 0 N–H and O–H groups in total. The first-order valence-electron chi connectivity index (χ1n) is 11.8. The van der Waals surface area contributed by atoms with Gasteiger partial charge in [-0.25, -0.2) is 0 Å². The summed E-state index contributed by atoms with van der Waals surface area (Å²) in [5.41, 5.74) is 4.24. The highest BCUT2D eigenvalue weighted by atomic mass is 16.1. The van der Waals surface area contributed by atoms with E-state index in [1.807, 2.05) is 30.3 Å². The van der Waals surface area contributed by atoms with E-state index in [0.717, 1.165) is 47.7 Å². The summed E-state index contributed by atoms with van der Waals surface area (Å²) in [5, 5.41) is 5.55. The van der Waals surface area contributed by atoms with Crippen LogP contribution in [0.1, 0.15) is 60.3 Å². The predicted molar refractivity (Wildman–Crippen MR) is 123 cm³/mol. The second kappa shape index (κ2) is 8.91. The molecule has 0 saturated heterocycles. The molecule has 1 aromatic carbocycles. The quantitative estimate of drug-likeness (QED) is 0.529. The lowest BCUT2D eigenvalue weighted by atomic mass is 9.78. The number of benzene rings is 1. The van der Waals surface area contributed by atoms with Crippen molar-refractivity contribution in [2.75, 3.05) is 13.1 Å². The van der Waals surface area contributed by atoms with E-state index in [-0.39, 0.29) is 5.78 Å². The van der Waals surface area contributed by atoms with Crippen LogP contribution < -0.4 is 0 Å². The number of carbonyl (C=O) groups is 1. The Labute approximate surface area is 184 Å². The van der Waals surface area contributed by atoms with Crippen molar-refractivity contribution in [3.63, 3.8) is 0 Å². The molecule has 2 aliphatic rings. The van der Waals surface area contributed by atoms with E-state index >= 15 is 0 Å². The molecule has 1 saturated carbocycles. The number of aryl methyl sites for hydroxylation is 1. The highest BCUT2D eigenvalue weighted by Crippen LogP contribution is 2.34. The number of Topliss-reactive ketones (excluding diaryl/α,β-unsaturated/α-hetero) is 1. The summed E-state index contributed by atoms with van der Waals surface area (Å²) < 4.78 is 2.17. The number of carbonyl (C=O) groups excluding carboxylic acids is 1.